The lowest BCUT2D eigenvalue weighted by Gasteiger charge is -2.10. The first-order valence-corrected chi connectivity index (χ1v) is 5.37. The number of benzene rings is 1. The van der Waals surface area contributed by atoms with Crippen LogP contribution in [0.5, 0.6) is 0 Å². The summed E-state index contributed by atoms with van der Waals surface area (Å²) in [5.74, 6) is -0.546. The number of Topliss-reactive ketones (excluding diaryl/α,β-unsaturated/α-hetero) is 1. The van der Waals surface area contributed by atoms with Crippen molar-refractivity contribution in [1.82, 2.24) is 0 Å². The van der Waals surface area contributed by atoms with E-state index in [-0.39, 0.29) is 23.1 Å². The zero-order valence-corrected chi connectivity index (χ0v) is 9.51. The molecule has 1 rings (SSSR count). The second kappa shape index (κ2) is 5.06. The summed E-state index contributed by atoms with van der Waals surface area (Å²) in [4.78, 5) is 11.9. The third kappa shape index (κ3) is 2.65. The van der Waals surface area contributed by atoms with E-state index >= 15 is 0 Å². The fourth-order valence-electron chi connectivity index (χ4n) is 1.67. The van der Waals surface area contributed by atoms with Gasteiger partial charge < -0.3 is 0 Å². The Morgan fingerprint density at radius 1 is 1.47 bits per heavy atom. The summed E-state index contributed by atoms with van der Waals surface area (Å²) >= 11 is 0. The van der Waals surface area contributed by atoms with Crippen LogP contribution in [-0.2, 0) is 0 Å². The van der Waals surface area contributed by atoms with Crippen LogP contribution in [-0.4, -0.2) is 5.78 Å². The van der Waals surface area contributed by atoms with Crippen molar-refractivity contribution in [2.45, 2.75) is 33.6 Å². The molecule has 1 atom stereocenters. The van der Waals surface area contributed by atoms with Gasteiger partial charge in [0.15, 0.2) is 5.78 Å². The Kier molecular flexibility index (Phi) is 4.01. The molecular weight excluding hydrogens is 191 g/mol. The summed E-state index contributed by atoms with van der Waals surface area (Å²) in [6.45, 7) is 5.56. The third-order valence-corrected chi connectivity index (χ3v) is 2.63. The van der Waals surface area contributed by atoms with Crippen LogP contribution >= 0.6 is 0 Å². The zero-order chi connectivity index (χ0) is 11.4. The average molecular weight is 208 g/mol. The van der Waals surface area contributed by atoms with Gasteiger partial charge in [-0.2, -0.15) is 0 Å². The van der Waals surface area contributed by atoms with Crippen molar-refractivity contribution in [2.75, 3.05) is 0 Å². The molecule has 0 N–H and O–H groups in total. The van der Waals surface area contributed by atoms with Crippen LogP contribution in [0.4, 0.5) is 4.39 Å². The van der Waals surface area contributed by atoms with E-state index in [9.17, 15) is 9.18 Å². The summed E-state index contributed by atoms with van der Waals surface area (Å²) in [6.07, 6.45) is 1.76. The van der Waals surface area contributed by atoms with Crippen molar-refractivity contribution in [3.05, 3.63) is 35.1 Å². The molecule has 15 heavy (non-hydrogen) atoms. The van der Waals surface area contributed by atoms with Crippen molar-refractivity contribution in [1.29, 1.82) is 0 Å². The fourth-order valence-corrected chi connectivity index (χ4v) is 1.67. The first-order valence-electron chi connectivity index (χ1n) is 5.37. The molecule has 2 heteroatoms. The van der Waals surface area contributed by atoms with Crippen LogP contribution in [0.25, 0.3) is 0 Å². The van der Waals surface area contributed by atoms with Gasteiger partial charge in [0.25, 0.3) is 0 Å². The van der Waals surface area contributed by atoms with E-state index in [1.165, 1.54) is 0 Å². The van der Waals surface area contributed by atoms with E-state index in [2.05, 4.69) is 0 Å². The molecule has 1 aromatic carbocycles. The summed E-state index contributed by atoms with van der Waals surface area (Å²) in [7, 11) is 0. The summed E-state index contributed by atoms with van der Waals surface area (Å²) < 4.78 is 13.6. The van der Waals surface area contributed by atoms with E-state index in [1.807, 2.05) is 13.8 Å². The molecule has 0 amide bonds. The molecule has 0 aliphatic heterocycles. The lowest BCUT2D eigenvalue weighted by atomic mass is 9.94. The Balaban J connectivity index is 2.96. The van der Waals surface area contributed by atoms with Crippen LogP contribution in [0.3, 0.4) is 0 Å². The van der Waals surface area contributed by atoms with Crippen LogP contribution in [0.15, 0.2) is 18.2 Å². The molecule has 0 bridgehead atoms. The predicted molar refractivity (Wildman–Crippen MR) is 59.5 cm³/mol. The van der Waals surface area contributed by atoms with Gasteiger partial charge in [-0.15, -0.1) is 0 Å². The third-order valence-electron chi connectivity index (χ3n) is 2.63. The minimum atomic E-state index is -0.370. The van der Waals surface area contributed by atoms with Gasteiger partial charge in [-0.3, -0.25) is 4.79 Å². The molecule has 0 saturated heterocycles. The molecular formula is C13H17FO. The highest BCUT2D eigenvalue weighted by Gasteiger charge is 2.18. The highest BCUT2D eigenvalue weighted by atomic mass is 19.1. The number of aryl methyl sites for hydroxylation is 1. The lowest BCUT2D eigenvalue weighted by Crippen LogP contribution is -2.13. The molecule has 0 saturated carbocycles. The van der Waals surface area contributed by atoms with Gasteiger partial charge in [-0.1, -0.05) is 32.4 Å². The topological polar surface area (TPSA) is 17.1 Å². The maximum Gasteiger partial charge on any atom is 0.168 e. The highest BCUT2D eigenvalue weighted by Crippen LogP contribution is 2.18. The minimum Gasteiger partial charge on any atom is -0.294 e. The fraction of sp³-hybridized carbons (Fsp3) is 0.462. The van der Waals surface area contributed by atoms with Crippen molar-refractivity contribution < 1.29 is 9.18 Å². The molecule has 0 spiro atoms. The van der Waals surface area contributed by atoms with Crippen molar-refractivity contribution >= 4 is 5.78 Å². The lowest BCUT2D eigenvalue weighted by molar-refractivity contribution is 0.0919. The maximum atomic E-state index is 13.6. The molecule has 0 radical (unpaired) electrons. The van der Waals surface area contributed by atoms with Crippen LogP contribution in [0, 0.1) is 18.7 Å². The predicted octanol–water partition coefficient (Wildman–Crippen LogP) is 3.75. The second-order valence-corrected chi connectivity index (χ2v) is 3.99. The van der Waals surface area contributed by atoms with E-state index in [0.717, 1.165) is 12.8 Å². The van der Waals surface area contributed by atoms with Crippen molar-refractivity contribution in [3.63, 3.8) is 0 Å². The molecule has 0 fully saturated rings. The average Bonchev–Trinajstić information content (AvgIpc) is 2.21. The van der Waals surface area contributed by atoms with Crippen molar-refractivity contribution in [3.8, 4) is 0 Å². The van der Waals surface area contributed by atoms with Gasteiger partial charge in [0.1, 0.15) is 5.82 Å². The smallest absolute Gasteiger partial charge is 0.168 e. The Morgan fingerprint density at radius 3 is 2.73 bits per heavy atom. The van der Waals surface area contributed by atoms with Crippen LogP contribution < -0.4 is 0 Å². The van der Waals surface area contributed by atoms with Gasteiger partial charge in [0.2, 0.25) is 0 Å². The van der Waals surface area contributed by atoms with E-state index in [1.54, 1.807) is 25.1 Å². The first kappa shape index (κ1) is 11.9. The standard InChI is InChI=1S/C13H17FO/c1-4-6-10(3)13(15)11-8-5-7-9(2)12(11)14/h5,7-8,10H,4,6H2,1-3H3. The Labute approximate surface area is 90.3 Å². The number of hydrogen-bond donors (Lipinski definition) is 0. The number of halogens is 1. The normalized spacial score (nSPS) is 12.5. The Morgan fingerprint density at radius 2 is 2.13 bits per heavy atom. The van der Waals surface area contributed by atoms with E-state index in [0.29, 0.717) is 5.56 Å². The van der Waals surface area contributed by atoms with Crippen molar-refractivity contribution in [2.24, 2.45) is 5.92 Å². The highest BCUT2D eigenvalue weighted by molar-refractivity contribution is 5.98. The molecule has 0 aromatic heterocycles. The molecule has 0 aliphatic rings. The maximum absolute atomic E-state index is 13.6. The van der Waals surface area contributed by atoms with Gasteiger partial charge in [0.05, 0.1) is 5.56 Å². The van der Waals surface area contributed by atoms with Gasteiger partial charge in [-0.25, -0.2) is 4.39 Å². The summed E-state index contributed by atoms with van der Waals surface area (Å²) in [5, 5.41) is 0. The summed E-state index contributed by atoms with van der Waals surface area (Å²) in [6, 6.07) is 4.97. The Hall–Kier alpha value is -1.18. The Bertz CT molecular complexity index is 358. The first-order chi connectivity index (χ1) is 7.07. The number of ketones is 1. The van der Waals surface area contributed by atoms with Gasteiger partial charge in [0, 0.05) is 5.92 Å². The quantitative estimate of drug-likeness (QED) is 0.689. The van der Waals surface area contributed by atoms with Gasteiger partial charge in [-0.05, 0) is 25.0 Å². The monoisotopic (exact) mass is 208 g/mol. The largest absolute Gasteiger partial charge is 0.294 e. The second-order valence-electron chi connectivity index (χ2n) is 3.99. The molecule has 1 unspecified atom stereocenters. The molecule has 0 aliphatic carbocycles. The summed E-state index contributed by atoms with van der Waals surface area (Å²) in [5.41, 5.74) is 0.764. The SMILES string of the molecule is CCCC(C)C(=O)c1cccc(C)c1F. The molecule has 1 aromatic rings. The number of carbonyl (C=O) groups is 1. The number of carbonyl (C=O) groups excluding carboxylic acids is 1. The van der Waals surface area contributed by atoms with Crippen LogP contribution in [0.1, 0.15) is 42.6 Å². The van der Waals surface area contributed by atoms with E-state index in [4.69, 9.17) is 0 Å². The van der Waals surface area contributed by atoms with Crippen LogP contribution in [0.2, 0.25) is 0 Å². The molecule has 82 valence electrons. The molecule has 1 nitrogen and oxygen atoms in total. The van der Waals surface area contributed by atoms with E-state index < -0.39 is 0 Å². The molecule has 0 heterocycles. The number of rotatable bonds is 4. The zero-order valence-electron chi connectivity index (χ0n) is 9.51. The minimum absolute atomic E-state index is 0.0851. The number of hydrogen-bond acceptors (Lipinski definition) is 1. The van der Waals surface area contributed by atoms with Gasteiger partial charge >= 0.3 is 0 Å².